The molecule has 0 aliphatic heterocycles. The Morgan fingerprint density at radius 1 is 1.53 bits per heavy atom. The Labute approximate surface area is 95.8 Å². The van der Waals surface area contributed by atoms with Crippen molar-refractivity contribution in [2.45, 2.75) is 19.5 Å². The summed E-state index contributed by atoms with van der Waals surface area (Å²) in [5.41, 5.74) is -0.0519. The van der Waals surface area contributed by atoms with Crippen LogP contribution in [0.1, 0.15) is 18.4 Å². The third kappa shape index (κ3) is 3.35. The van der Waals surface area contributed by atoms with Crippen LogP contribution < -0.4 is 4.74 Å². The molecule has 0 spiro atoms. The second kappa shape index (κ2) is 5.53. The molecule has 0 radical (unpaired) electrons. The number of hydrogen-bond donors (Lipinski definition) is 1. The van der Waals surface area contributed by atoms with E-state index in [1.807, 2.05) is 0 Å². The third-order valence-electron chi connectivity index (χ3n) is 2.23. The number of halogens is 2. The summed E-state index contributed by atoms with van der Waals surface area (Å²) in [6.07, 6.45) is 0. The number of non-ortho nitro benzene ring substituents is 1. The first-order valence-corrected chi connectivity index (χ1v) is 4.79. The van der Waals surface area contributed by atoms with E-state index in [-0.39, 0.29) is 23.6 Å². The van der Waals surface area contributed by atoms with Crippen LogP contribution in [0.15, 0.2) is 18.2 Å². The van der Waals surface area contributed by atoms with Crippen LogP contribution in [0.25, 0.3) is 0 Å². The molecule has 0 amide bonds. The van der Waals surface area contributed by atoms with Gasteiger partial charge in [-0.05, 0) is 6.07 Å². The lowest BCUT2D eigenvalue weighted by Gasteiger charge is -2.14. The molecule has 1 atom stereocenters. The zero-order chi connectivity index (χ0) is 13.0. The van der Waals surface area contributed by atoms with Crippen LogP contribution in [-0.4, -0.2) is 23.2 Å². The van der Waals surface area contributed by atoms with Crippen LogP contribution in [0.3, 0.4) is 0 Å². The van der Waals surface area contributed by atoms with Gasteiger partial charge in [0.25, 0.3) is 5.69 Å². The van der Waals surface area contributed by atoms with Crippen molar-refractivity contribution in [2.75, 3.05) is 6.61 Å². The molecular formula is C10H11F2NO4. The Balaban J connectivity index is 3.16. The number of aliphatic hydroxyl groups excluding tert-OH is 1. The van der Waals surface area contributed by atoms with E-state index in [0.717, 1.165) is 18.2 Å². The highest BCUT2D eigenvalue weighted by Gasteiger charge is 2.18. The van der Waals surface area contributed by atoms with Gasteiger partial charge in [0.15, 0.2) is 0 Å². The summed E-state index contributed by atoms with van der Waals surface area (Å²) in [7, 11) is 0. The standard InChI is InChI=1S/C10H11F2NO4/c1-6(5-14)8-4-7(13(15)16)2-3-9(8)17-10(11)12/h2-4,6,10,14H,5H2,1H3. The van der Waals surface area contributed by atoms with Crippen molar-refractivity contribution in [2.24, 2.45) is 0 Å². The molecule has 0 aliphatic carbocycles. The van der Waals surface area contributed by atoms with Crippen LogP contribution in [0.5, 0.6) is 5.75 Å². The van der Waals surface area contributed by atoms with E-state index in [4.69, 9.17) is 5.11 Å². The Morgan fingerprint density at radius 3 is 2.65 bits per heavy atom. The smallest absolute Gasteiger partial charge is 0.387 e. The maximum atomic E-state index is 12.1. The van der Waals surface area contributed by atoms with Crippen LogP contribution in [0.2, 0.25) is 0 Å². The molecule has 0 saturated heterocycles. The molecule has 17 heavy (non-hydrogen) atoms. The topological polar surface area (TPSA) is 72.6 Å². The Hall–Kier alpha value is -1.76. The van der Waals surface area contributed by atoms with Gasteiger partial charge in [0.1, 0.15) is 5.75 Å². The minimum Gasteiger partial charge on any atom is -0.435 e. The highest BCUT2D eigenvalue weighted by atomic mass is 19.3. The maximum Gasteiger partial charge on any atom is 0.387 e. The first-order chi connectivity index (χ1) is 7.95. The Kier molecular flexibility index (Phi) is 4.33. The van der Waals surface area contributed by atoms with Gasteiger partial charge in [0, 0.05) is 30.2 Å². The largest absolute Gasteiger partial charge is 0.435 e. The predicted octanol–water partition coefficient (Wildman–Crippen LogP) is 2.29. The number of nitro groups is 1. The number of aliphatic hydroxyl groups is 1. The van der Waals surface area contributed by atoms with Crippen molar-refractivity contribution in [1.82, 2.24) is 0 Å². The van der Waals surface area contributed by atoms with Gasteiger partial charge in [-0.3, -0.25) is 10.1 Å². The maximum absolute atomic E-state index is 12.1. The lowest BCUT2D eigenvalue weighted by molar-refractivity contribution is -0.385. The number of benzene rings is 1. The van der Waals surface area contributed by atoms with E-state index < -0.39 is 17.5 Å². The second-order valence-corrected chi connectivity index (χ2v) is 3.44. The van der Waals surface area contributed by atoms with E-state index in [1.54, 1.807) is 6.92 Å². The monoisotopic (exact) mass is 247 g/mol. The summed E-state index contributed by atoms with van der Waals surface area (Å²) in [5.74, 6) is -0.684. The van der Waals surface area contributed by atoms with E-state index in [2.05, 4.69) is 4.74 Å². The number of nitro benzene ring substituents is 1. The fourth-order valence-electron chi connectivity index (χ4n) is 1.34. The zero-order valence-electron chi connectivity index (χ0n) is 8.97. The normalized spacial score (nSPS) is 12.5. The molecule has 1 unspecified atom stereocenters. The van der Waals surface area contributed by atoms with E-state index in [9.17, 15) is 18.9 Å². The lowest BCUT2D eigenvalue weighted by atomic mass is 10.0. The predicted molar refractivity (Wildman–Crippen MR) is 55.2 cm³/mol. The van der Waals surface area contributed by atoms with Crippen LogP contribution >= 0.6 is 0 Å². The average Bonchev–Trinajstić information content (AvgIpc) is 2.27. The highest BCUT2D eigenvalue weighted by molar-refractivity contribution is 5.45. The molecule has 0 fully saturated rings. The molecule has 7 heteroatoms. The minimum atomic E-state index is -3.01. The summed E-state index contributed by atoms with van der Waals surface area (Å²) in [4.78, 5) is 9.91. The zero-order valence-corrected chi connectivity index (χ0v) is 8.97. The van der Waals surface area contributed by atoms with Crippen molar-refractivity contribution in [3.05, 3.63) is 33.9 Å². The molecule has 5 nitrogen and oxygen atoms in total. The quantitative estimate of drug-likeness (QED) is 0.640. The summed E-state index contributed by atoms with van der Waals surface area (Å²) in [6.45, 7) is -1.78. The molecule has 0 aliphatic rings. The number of nitrogens with zero attached hydrogens (tertiary/aromatic N) is 1. The summed E-state index contributed by atoms with van der Waals surface area (Å²) in [6, 6.07) is 3.30. The van der Waals surface area contributed by atoms with E-state index in [1.165, 1.54) is 0 Å². The van der Waals surface area contributed by atoms with Crippen molar-refractivity contribution in [3.63, 3.8) is 0 Å². The van der Waals surface area contributed by atoms with Crippen LogP contribution in [0.4, 0.5) is 14.5 Å². The highest BCUT2D eigenvalue weighted by Crippen LogP contribution is 2.31. The average molecular weight is 247 g/mol. The molecular weight excluding hydrogens is 236 g/mol. The number of ether oxygens (including phenoxy) is 1. The fourth-order valence-corrected chi connectivity index (χ4v) is 1.34. The van der Waals surface area contributed by atoms with Gasteiger partial charge < -0.3 is 9.84 Å². The molecule has 1 rings (SSSR count). The Bertz CT molecular complexity index is 411. The summed E-state index contributed by atoms with van der Waals surface area (Å²) in [5, 5.41) is 19.5. The number of alkyl halides is 2. The van der Waals surface area contributed by atoms with Crippen molar-refractivity contribution in [1.29, 1.82) is 0 Å². The van der Waals surface area contributed by atoms with Crippen molar-refractivity contribution >= 4 is 5.69 Å². The molecule has 0 aromatic heterocycles. The summed E-state index contributed by atoms with van der Waals surface area (Å²) < 4.78 is 28.5. The number of rotatable bonds is 5. The van der Waals surface area contributed by atoms with E-state index in [0.29, 0.717) is 0 Å². The van der Waals surface area contributed by atoms with Gasteiger partial charge in [0.2, 0.25) is 0 Å². The van der Waals surface area contributed by atoms with E-state index >= 15 is 0 Å². The van der Waals surface area contributed by atoms with Gasteiger partial charge in [-0.15, -0.1) is 0 Å². The molecule has 1 aromatic rings. The van der Waals surface area contributed by atoms with Gasteiger partial charge in [-0.25, -0.2) is 0 Å². The third-order valence-corrected chi connectivity index (χ3v) is 2.23. The van der Waals surface area contributed by atoms with Crippen LogP contribution in [-0.2, 0) is 0 Å². The summed E-state index contributed by atoms with van der Waals surface area (Å²) >= 11 is 0. The van der Waals surface area contributed by atoms with Gasteiger partial charge in [-0.2, -0.15) is 8.78 Å². The molecule has 0 heterocycles. The molecule has 1 aromatic carbocycles. The molecule has 0 bridgehead atoms. The van der Waals surface area contributed by atoms with Gasteiger partial charge in [-0.1, -0.05) is 6.92 Å². The molecule has 1 N–H and O–H groups in total. The first-order valence-electron chi connectivity index (χ1n) is 4.79. The van der Waals surface area contributed by atoms with Crippen molar-refractivity contribution < 1.29 is 23.5 Å². The van der Waals surface area contributed by atoms with Gasteiger partial charge >= 0.3 is 6.61 Å². The first kappa shape index (κ1) is 13.3. The molecule has 94 valence electrons. The van der Waals surface area contributed by atoms with Gasteiger partial charge in [0.05, 0.1) is 4.92 Å². The van der Waals surface area contributed by atoms with Crippen LogP contribution in [0, 0.1) is 10.1 Å². The second-order valence-electron chi connectivity index (χ2n) is 3.44. The fraction of sp³-hybridized carbons (Fsp3) is 0.400. The number of hydrogen-bond acceptors (Lipinski definition) is 4. The van der Waals surface area contributed by atoms with Crippen molar-refractivity contribution in [3.8, 4) is 5.75 Å². The minimum absolute atomic E-state index is 0.160. The Morgan fingerprint density at radius 2 is 2.18 bits per heavy atom. The SMILES string of the molecule is CC(CO)c1cc([N+](=O)[O-])ccc1OC(F)F. The lowest BCUT2D eigenvalue weighted by Crippen LogP contribution is -2.08. The molecule has 0 saturated carbocycles.